The smallest absolute Gasteiger partial charge is 0.455 e. The van der Waals surface area contributed by atoms with E-state index in [0.717, 1.165) is 18.2 Å². The number of hydrogen-bond donors (Lipinski definition) is 0. The average molecular weight is 250 g/mol. The highest BCUT2D eigenvalue weighted by Crippen LogP contribution is 2.28. The second kappa shape index (κ2) is 4.73. The maximum atomic E-state index is 12.9. The van der Waals surface area contributed by atoms with Gasteiger partial charge in [0.1, 0.15) is 11.6 Å². The van der Waals surface area contributed by atoms with Gasteiger partial charge in [-0.2, -0.15) is 13.2 Å². The molecule has 0 aliphatic heterocycles. The van der Waals surface area contributed by atoms with Gasteiger partial charge in [-0.05, 0) is 26.0 Å². The summed E-state index contributed by atoms with van der Waals surface area (Å²) in [6.45, 7) is 3.12. The van der Waals surface area contributed by atoms with Crippen molar-refractivity contribution in [1.82, 2.24) is 0 Å². The van der Waals surface area contributed by atoms with Crippen LogP contribution < -0.4 is 4.74 Å². The molecule has 0 atom stereocenters. The molecule has 0 N–H and O–H groups in total. The van der Waals surface area contributed by atoms with Gasteiger partial charge in [0.25, 0.3) is 5.78 Å². The van der Waals surface area contributed by atoms with E-state index in [2.05, 4.69) is 0 Å². The number of carbonyl (C=O) groups excluding carboxylic acids is 1. The standard InChI is InChI=1S/C11H10F4O2/c1-6(2)17-9-5-7(12)3-4-8(9)10(16)11(13,14)15/h3-6H,1-2H3. The Morgan fingerprint density at radius 3 is 2.35 bits per heavy atom. The number of rotatable bonds is 3. The van der Waals surface area contributed by atoms with E-state index in [0.29, 0.717) is 0 Å². The fourth-order valence-electron chi connectivity index (χ4n) is 1.19. The number of ketones is 1. The number of benzene rings is 1. The van der Waals surface area contributed by atoms with Gasteiger partial charge in [-0.25, -0.2) is 4.39 Å². The molecular formula is C11H10F4O2. The predicted molar refractivity (Wildman–Crippen MR) is 52.5 cm³/mol. The molecule has 1 aromatic rings. The van der Waals surface area contributed by atoms with Gasteiger partial charge in [0.05, 0.1) is 11.7 Å². The fourth-order valence-corrected chi connectivity index (χ4v) is 1.19. The molecule has 0 unspecified atom stereocenters. The SMILES string of the molecule is CC(C)Oc1cc(F)ccc1C(=O)C(F)(F)F. The third-order valence-electron chi connectivity index (χ3n) is 1.81. The summed E-state index contributed by atoms with van der Waals surface area (Å²) in [5, 5.41) is 0. The zero-order chi connectivity index (χ0) is 13.2. The van der Waals surface area contributed by atoms with E-state index < -0.39 is 35.2 Å². The minimum Gasteiger partial charge on any atom is -0.490 e. The summed E-state index contributed by atoms with van der Waals surface area (Å²) < 4.78 is 54.6. The van der Waals surface area contributed by atoms with Gasteiger partial charge in [-0.1, -0.05) is 0 Å². The first-order chi connectivity index (χ1) is 7.71. The van der Waals surface area contributed by atoms with Gasteiger partial charge in [0.15, 0.2) is 0 Å². The minimum absolute atomic E-state index is 0.401. The Balaban J connectivity index is 3.19. The van der Waals surface area contributed by atoms with Crippen molar-refractivity contribution in [2.24, 2.45) is 0 Å². The molecule has 6 heteroatoms. The summed E-state index contributed by atoms with van der Waals surface area (Å²) >= 11 is 0. The van der Waals surface area contributed by atoms with Crippen molar-refractivity contribution < 1.29 is 27.1 Å². The first-order valence-corrected chi connectivity index (χ1v) is 4.79. The Bertz CT molecular complexity index is 424. The zero-order valence-electron chi connectivity index (χ0n) is 9.14. The van der Waals surface area contributed by atoms with Crippen molar-refractivity contribution in [2.45, 2.75) is 26.1 Å². The predicted octanol–water partition coefficient (Wildman–Crippen LogP) is 3.36. The monoisotopic (exact) mass is 250 g/mol. The van der Waals surface area contributed by atoms with Crippen molar-refractivity contribution in [2.75, 3.05) is 0 Å². The van der Waals surface area contributed by atoms with Crippen LogP contribution in [0, 0.1) is 5.82 Å². The molecule has 0 spiro atoms. The van der Waals surface area contributed by atoms with Crippen LogP contribution >= 0.6 is 0 Å². The summed E-state index contributed by atoms with van der Waals surface area (Å²) in [5.41, 5.74) is -0.687. The highest BCUT2D eigenvalue weighted by atomic mass is 19.4. The quantitative estimate of drug-likeness (QED) is 0.607. The first kappa shape index (κ1) is 13.5. The molecule has 94 valence electrons. The second-order valence-electron chi connectivity index (χ2n) is 3.63. The van der Waals surface area contributed by atoms with Gasteiger partial charge in [-0.3, -0.25) is 4.79 Å². The average Bonchev–Trinajstić information content (AvgIpc) is 2.14. The number of carbonyl (C=O) groups is 1. The summed E-state index contributed by atoms with van der Waals surface area (Å²) in [4.78, 5) is 11.1. The van der Waals surface area contributed by atoms with E-state index in [1.54, 1.807) is 13.8 Å². The molecule has 1 rings (SSSR count). The molecular weight excluding hydrogens is 240 g/mol. The Labute approximate surface area is 95.2 Å². The van der Waals surface area contributed by atoms with Crippen LogP contribution in [0.1, 0.15) is 24.2 Å². The van der Waals surface area contributed by atoms with E-state index in [-0.39, 0.29) is 0 Å². The zero-order valence-corrected chi connectivity index (χ0v) is 9.14. The van der Waals surface area contributed by atoms with E-state index in [9.17, 15) is 22.4 Å². The molecule has 0 saturated heterocycles. The van der Waals surface area contributed by atoms with Gasteiger partial charge >= 0.3 is 6.18 Å². The molecule has 0 saturated carbocycles. The Morgan fingerprint density at radius 1 is 1.29 bits per heavy atom. The van der Waals surface area contributed by atoms with Crippen LogP contribution in [-0.4, -0.2) is 18.1 Å². The van der Waals surface area contributed by atoms with Gasteiger partial charge in [0, 0.05) is 6.07 Å². The lowest BCUT2D eigenvalue weighted by Gasteiger charge is -2.14. The number of Topliss-reactive ketones (excluding diaryl/α,β-unsaturated/α-hetero) is 1. The third-order valence-corrected chi connectivity index (χ3v) is 1.81. The molecule has 0 heterocycles. The van der Waals surface area contributed by atoms with Crippen LogP contribution in [0.3, 0.4) is 0 Å². The van der Waals surface area contributed by atoms with Crippen LogP contribution in [0.4, 0.5) is 17.6 Å². The van der Waals surface area contributed by atoms with Crippen LogP contribution in [0.25, 0.3) is 0 Å². The lowest BCUT2D eigenvalue weighted by atomic mass is 10.1. The lowest BCUT2D eigenvalue weighted by Crippen LogP contribution is -2.24. The summed E-state index contributed by atoms with van der Waals surface area (Å²) in [5.74, 6) is -3.21. The molecule has 0 bridgehead atoms. The summed E-state index contributed by atoms with van der Waals surface area (Å²) in [6, 6.07) is 2.31. The van der Waals surface area contributed by atoms with Gasteiger partial charge < -0.3 is 4.74 Å². The molecule has 0 fully saturated rings. The van der Waals surface area contributed by atoms with Gasteiger partial charge in [0.2, 0.25) is 0 Å². The Kier molecular flexibility index (Phi) is 3.75. The van der Waals surface area contributed by atoms with Crippen molar-refractivity contribution in [3.8, 4) is 5.75 Å². The van der Waals surface area contributed by atoms with Crippen LogP contribution in [-0.2, 0) is 0 Å². The molecule has 0 aliphatic carbocycles. The molecule has 0 amide bonds. The Hall–Kier alpha value is -1.59. The molecule has 17 heavy (non-hydrogen) atoms. The van der Waals surface area contributed by atoms with Crippen LogP contribution in [0.5, 0.6) is 5.75 Å². The topological polar surface area (TPSA) is 26.3 Å². The van der Waals surface area contributed by atoms with Crippen molar-refractivity contribution in [1.29, 1.82) is 0 Å². The highest BCUT2D eigenvalue weighted by molar-refractivity contribution is 6.02. The van der Waals surface area contributed by atoms with E-state index in [4.69, 9.17) is 4.74 Å². The highest BCUT2D eigenvalue weighted by Gasteiger charge is 2.41. The van der Waals surface area contributed by atoms with E-state index in [1.807, 2.05) is 0 Å². The summed E-state index contributed by atoms with van der Waals surface area (Å²) in [7, 11) is 0. The van der Waals surface area contributed by atoms with Gasteiger partial charge in [-0.15, -0.1) is 0 Å². The van der Waals surface area contributed by atoms with Crippen molar-refractivity contribution in [3.63, 3.8) is 0 Å². The van der Waals surface area contributed by atoms with E-state index >= 15 is 0 Å². The third kappa shape index (κ3) is 3.44. The summed E-state index contributed by atoms with van der Waals surface area (Å²) in [6.07, 6.45) is -5.47. The minimum atomic E-state index is -5.01. The normalized spacial score (nSPS) is 11.7. The maximum absolute atomic E-state index is 12.9. The molecule has 2 nitrogen and oxygen atoms in total. The number of alkyl halides is 3. The van der Waals surface area contributed by atoms with E-state index in [1.165, 1.54) is 0 Å². The number of hydrogen-bond acceptors (Lipinski definition) is 2. The largest absolute Gasteiger partial charge is 0.490 e. The number of halogens is 4. The lowest BCUT2D eigenvalue weighted by molar-refractivity contribution is -0.0887. The molecule has 0 aromatic heterocycles. The molecule has 0 aliphatic rings. The molecule has 1 aromatic carbocycles. The maximum Gasteiger partial charge on any atom is 0.455 e. The number of ether oxygens (including phenoxy) is 1. The first-order valence-electron chi connectivity index (χ1n) is 4.79. The molecule has 0 radical (unpaired) electrons. The van der Waals surface area contributed by atoms with Crippen LogP contribution in [0.2, 0.25) is 0 Å². The second-order valence-corrected chi connectivity index (χ2v) is 3.63. The van der Waals surface area contributed by atoms with Crippen molar-refractivity contribution >= 4 is 5.78 Å². The fraction of sp³-hybridized carbons (Fsp3) is 0.364. The van der Waals surface area contributed by atoms with Crippen LogP contribution in [0.15, 0.2) is 18.2 Å². The Morgan fingerprint density at radius 2 is 1.88 bits per heavy atom. The van der Waals surface area contributed by atoms with Crippen molar-refractivity contribution in [3.05, 3.63) is 29.6 Å².